The lowest BCUT2D eigenvalue weighted by molar-refractivity contribution is -0.107. The first-order valence-corrected chi connectivity index (χ1v) is 7.36. The van der Waals surface area contributed by atoms with Crippen LogP contribution in [0, 0.1) is 17.3 Å². The summed E-state index contributed by atoms with van der Waals surface area (Å²) in [7, 11) is 0. The van der Waals surface area contributed by atoms with Gasteiger partial charge in [0.25, 0.3) is 0 Å². The fourth-order valence-corrected chi connectivity index (χ4v) is 2.97. The van der Waals surface area contributed by atoms with Crippen LogP contribution >= 0.6 is 0 Å². The lowest BCUT2D eigenvalue weighted by atomic mass is 9.71. The van der Waals surface area contributed by atoms with Crippen LogP contribution in [0.5, 0.6) is 0 Å². The molecule has 0 amide bonds. The average Bonchev–Trinajstić information content (AvgIpc) is 2.17. The summed E-state index contributed by atoms with van der Waals surface area (Å²) >= 11 is 0. The van der Waals surface area contributed by atoms with Crippen molar-refractivity contribution in [2.75, 3.05) is 6.61 Å². The Morgan fingerprint density at radius 2 is 1.71 bits per heavy atom. The van der Waals surface area contributed by atoms with E-state index in [0.29, 0.717) is 11.3 Å². The summed E-state index contributed by atoms with van der Waals surface area (Å²) in [5, 5.41) is 0. The topological polar surface area (TPSA) is 9.23 Å². The van der Waals surface area contributed by atoms with Crippen molar-refractivity contribution in [2.24, 2.45) is 17.3 Å². The molecule has 0 aromatic heterocycles. The predicted octanol–water partition coefficient (Wildman–Crippen LogP) is 5.04. The van der Waals surface area contributed by atoms with E-state index in [1.54, 1.807) is 0 Å². The normalized spacial score (nSPS) is 30.9. The third-order valence-corrected chi connectivity index (χ3v) is 3.76. The SMILES string of the molecule is CC(C)COC1(CC(C)(C)C)CCC(C)CC1. The van der Waals surface area contributed by atoms with Crippen LogP contribution in [0.15, 0.2) is 0 Å². The van der Waals surface area contributed by atoms with Gasteiger partial charge < -0.3 is 4.74 Å². The van der Waals surface area contributed by atoms with Crippen LogP contribution in [0.2, 0.25) is 0 Å². The minimum atomic E-state index is 0.176. The molecule has 0 aliphatic heterocycles. The van der Waals surface area contributed by atoms with Crippen molar-refractivity contribution < 1.29 is 4.74 Å². The van der Waals surface area contributed by atoms with E-state index in [9.17, 15) is 0 Å². The van der Waals surface area contributed by atoms with Crippen LogP contribution in [0.25, 0.3) is 0 Å². The van der Waals surface area contributed by atoms with Gasteiger partial charge in [-0.15, -0.1) is 0 Å². The van der Waals surface area contributed by atoms with E-state index in [2.05, 4.69) is 41.5 Å². The number of ether oxygens (including phenoxy) is 1. The number of hydrogen-bond acceptors (Lipinski definition) is 1. The predicted molar refractivity (Wildman–Crippen MR) is 75.2 cm³/mol. The highest BCUT2D eigenvalue weighted by atomic mass is 16.5. The van der Waals surface area contributed by atoms with Crippen LogP contribution in [-0.2, 0) is 4.74 Å². The maximum absolute atomic E-state index is 6.36. The smallest absolute Gasteiger partial charge is 0.0687 e. The third kappa shape index (κ3) is 5.42. The lowest BCUT2D eigenvalue weighted by Crippen LogP contribution is -2.41. The van der Waals surface area contributed by atoms with Crippen molar-refractivity contribution in [1.29, 1.82) is 0 Å². The van der Waals surface area contributed by atoms with E-state index in [4.69, 9.17) is 4.74 Å². The summed E-state index contributed by atoms with van der Waals surface area (Å²) in [6.45, 7) is 14.8. The van der Waals surface area contributed by atoms with Gasteiger partial charge in [-0.05, 0) is 49.4 Å². The molecular weight excluding hydrogens is 208 g/mol. The Labute approximate surface area is 108 Å². The standard InChI is InChI=1S/C16H32O/c1-13(2)11-17-16(12-15(4,5)6)9-7-14(3)8-10-16/h13-14H,7-12H2,1-6H3. The van der Waals surface area contributed by atoms with Crippen LogP contribution in [0.4, 0.5) is 0 Å². The summed E-state index contributed by atoms with van der Waals surface area (Å²) in [6, 6.07) is 0. The van der Waals surface area contributed by atoms with Crippen molar-refractivity contribution in [2.45, 2.75) is 79.2 Å². The summed E-state index contributed by atoms with van der Waals surface area (Å²) in [4.78, 5) is 0. The molecule has 1 heteroatoms. The summed E-state index contributed by atoms with van der Waals surface area (Å²) in [6.07, 6.45) is 6.41. The minimum absolute atomic E-state index is 0.176. The molecule has 0 saturated heterocycles. The van der Waals surface area contributed by atoms with E-state index in [1.165, 1.54) is 32.1 Å². The molecule has 0 spiro atoms. The molecule has 0 aromatic rings. The van der Waals surface area contributed by atoms with Gasteiger partial charge in [0.15, 0.2) is 0 Å². The zero-order valence-corrected chi connectivity index (χ0v) is 12.8. The molecule has 0 aromatic carbocycles. The van der Waals surface area contributed by atoms with Crippen molar-refractivity contribution in [1.82, 2.24) is 0 Å². The summed E-state index contributed by atoms with van der Waals surface area (Å²) < 4.78 is 6.36. The van der Waals surface area contributed by atoms with Gasteiger partial charge in [-0.3, -0.25) is 0 Å². The Morgan fingerprint density at radius 3 is 2.12 bits per heavy atom. The maximum atomic E-state index is 6.36. The highest BCUT2D eigenvalue weighted by Crippen LogP contribution is 2.42. The Hall–Kier alpha value is -0.0400. The van der Waals surface area contributed by atoms with Crippen molar-refractivity contribution in [3.05, 3.63) is 0 Å². The highest BCUT2D eigenvalue weighted by Gasteiger charge is 2.38. The molecule has 0 radical (unpaired) electrons. The fourth-order valence-electron chi connectivity index (χ4n) is 2.97. The van der Waals surface area contributed by atoms with Crippen molar-refractivity contribution >= 4 is 0 Å². The Bertz CT molecular complexity index is 216. The third-order valence-electron chi connectivity index (χ3n) is 3.76. The van der Waals surface area contributed by atoms with Gasteiger partial charge in [0.05, 0.1) is 5.60 Å². The monoisotopic (exact) mass is 240 g/mol. The van der Waals surface area contributed by atoms with Crippen LogP contribution in [-0.4, -0.2) is 12.2 Å². The van der Waals surface area contributed by atoms with Crippen LogP contribution in [0.3, 0.4) is 0 Å². The van der Waals surface area contributed by atoms with E-state index in [0.717, 1.165) is 12.5 Å². The molecule has 1 aliphatic rings. The van der Waals surface area contributed by atoms with Gasteiger partial charge in [0.2, 0.25) is 0 Å². The summed E-state index contributed by atoms with van der Waals surface area (Å²) in [5.41, 5.74) is 0.548. The Morgan fingerprint density at radius 1 is 1.18 bits per heavy atom. The molecule has 0 unspecified atom stereocenters. The first-order chi connectivity index (χ1) is 7.72. The van der Waals surface area contributed by atoms with Crippen molar-refractivity contribution in [3.8, 4) is 0 Å². The average molecular weight is 240 g/mol. The van der Waals surface area contributed by atoms with E-state index >= 15 is 0 Å². The van der Waals surface area contributed by atoms with Crippen molar-refractivity contribution in [3.63, 3.8) is 0 Å². The molecule has 17 heavy (non-hydrogen) atoms. The van der Waals surface area contributed by atoms with Crippen LogP contribution < -0.4 is 0 Å². The van der Waals surface area contributed by atoms with E-state index in [1.807, 2.05) is 0 Å². The second kappa shape index (κ2) is 5.73. The molecule has 1 nitrogen and oxygen atoms in total. The molecule has 1 fully saturated rings. The van der Waals surface area contributed by atoms with Gasteiger partial charge in [-0.25, -0.2) is 0 Å². The largest absolute Gasteiger partial charge is 0.375 e. The quantitative estimate of drug-likeness (QED) is 0.668. The van der Waals surface area contributed by atoms with Gasteiger partial charge >= 0.3 is 0 Å². The van der Waals surface area contributed by atoms with Gasteiger partial charge in [-0.2, -0.15) is 0 Å². The molecule has 0 atom stereocenters. The van der Waals surface area contributed by atoms with E-state index < -0.39 is 0 Å². The van der Waals surface area contributed by atoms with Gasteiger partial charge in [0.1, 0.15) is 0 Å². The first kappa shape index (κ1) is 15.0. The molecule has 0 N–H and O–H groups in total. The highest BCUT2D eigenvalue weighted by molar-refractivity contribution is 4.90. The zero-order chi connectivity index (χ0) is 13.1. The molecule has 0 heterocycles. The van der Waals surface area contributed by atoms with Gasteiger partial charge in [0, 0.05) is 6.61 Å². The molecule has 1 saturated carbocycles. The van der Waals surface area contributed by atoms with Gasteiger partial charge in [-0.1, -0.05) is 41.5 Å². The lowest BCUT2D eigenvalue weighted by Gasteiger charge is -2.43. The molecule has 1 aliphatic carbocycles. The van der Waals surface area contributed by atoms with E-state index in [-0.39, 0.29) is 5.60 Å². The second-order valence-corrected chi connectivity index (χ2v) is 7.81. The van der Waals surface area contributed by atoms with Crippen LogP contribution in [0.1, 0.15) is 73.6 Å². The molecule has 0 bridgehead atoms. The molecule has 1 rings (SSSR count). The zero-order valence-electron chi connectivity index (χ0n) is 12.8. The second-order valence-electron chi connectivity index (χ2n) is 7.81. The molecular formula is C16H32O. The fraction of sp³-hybridized carbons (Fsp3) is 1.00. The maximum Gasteiger partial charge on any atom is 0.0687 e. The summed E-state index contributed by atoms with van der Waals surface area (Å²) in [5.74, 6) is 1.54. The Balaban J connectivity index is 2.64. The Kier molecular flexibility index (Phi) is 5.07. The first-order valence-electron chi connectivity index (χ1n) is 7.36. The number of rotatable bonds is 4. The minimum Gasteiger partial charge on any atom is -0.375 e. The molecule has 102 valence electrons. The number of hydrogen-bond donors (Lipinski definition) is 0.